The summed E-state index contributed by atoms with van der Waals surface area (Å²) in [6, 6.07) is 12.2. The Morgan fingerprint density at radius 2 is 1.77 bits per heavy atom. The van der Waals surface area contributed by atoms with Crippen LogP contribution in [-0.2, 0) is 14.3 Å². The molecule has 12 nitrogen and oxygen atoms in total. The largest absolute Gasteiger partial charge is 0.493 e. The summed E-state index contributed by atoms with van der Waals surface area (Å²) in [4.78, 5) is 36.5. The standard InChI is InChI=1S/C32H38F3N3O9/c1-19(2)17-47-31(42)26-20(3)37-29(32(33,34)35)28(30(40)41)27(26)24-15-21(38(43)44)11-12-25(24)45-14-8-7-13-36-16-22(39)18-46-23-9-5-4-6-10-23/h4-6,9-12,15,19,22,27,36-37,39H,7-8,13-14,16-18H2,1-3H3,(H,40,41). The molecule has 3 rings (SSSR count). The molecule has 1 heterocycles. The van der Waals surface area contributed by atoms with E-state index in [1.54, 1.807) is 26.0 Å². The number of nitro benzene ring substituents is 1. The Kier molecular flexibility index (Phi) is 13.2. The third kappa shape index (κ3) is 10.4. The van der Waals surface area contributed by atoms with Gasteiger partial charge < -0.3 is 35.1 Å². The van der Waals surface area contributed by atoms with Crippen LogP contribution in [0.25, 0.3) is 0 Å². The number of allylic oxidation sites excluding steroid dienone is 2. The van der Waals surface area contributed by atoms with Gasteiger partial charge in [0.1, 0.15) is 29.9 Å². The molecule has 0 aliphatic carbocycles. The van der Waals surface area contributed by atoms with E-state index in [4.69, 9.17) is 14.2 Å². The second-order valence-corrected chi connectivity index (χ2v) is 11.2. The van der Waals surface area contributed by atoms with Crippen molar-refractivity contribution < 1.29 is 52.1 Å². The Morgan fingerprint density at radius 3 is 2.38 bits per heavy atom. The Hall–Kier alpha value is -4.63. The van der Waals surface area contributed by atoms with Crippen LogP contribution >= 0.6 is 0 Å². The summed E-state index contributed by atoms with van der Waals surface area (Å²) in [5.74, 6) is -4.63. The maximum atomic E-state index is 14.1. The summed E-state index contributed by atoms with van der Waals surface area (Å²) in [7, 11) is 0. The molecule has 2 aromatic rings. The molecule has 1 aliphatic rings. The minimum absolute atomic E-state index is 0.00516. The number of benzene rings is 2. The number of carboxylic acid groups (broad SMARTS) is 1. The fourth-order valence-corrected chi connectivity index (χ4v) is 4.76. The van der Waals surface area contributed by atoms with E-state index in [1.165, 1.54) is 6.92 Å². The summed E-state index contributed by atoms with van der Waals surface area (Å²) in [6.07, 6.45) is -4.97. The molecule has 47 heavy (non-hydrogen) atoms. The van der Waals surface area contributed by atoms with Crippen LogP contribution in [0.1, 0.15) is 45.1 Å². The highest BCUT2D eigenvalue weighted by Gasteiger charge is 2.48. The molecule has 1 aliphatic heterocycles. The van der Waals surface area contributed by atoms with Crippen LogP contribution < -0.4 is 20.1 Å². The minimum atomic E-state index is -5.17. The lowest BCUT2D eigenvalue weighted by molar-refractivity contribution is -0.384. The van der Waals surface area contributed by atoms with Crippen molar-refractivity contribution in [3.05, 3.63) is 86.7 Å². The van der Waals surface area contributed by atoms with Crippen LogP contribution in [0.15, 0.2) is 71.1 Å². The number of nitrogens with one attached hydrogen (secondary N) is 2. The van der Waals surface area contributed by atoms with Gasteiger partial charge in [-0.15, -0.1) is 0 Å². The lowest BCUT2D eigenvalue weighted by Gasteiger charge is -2.32. The molecule has 0 saturated carbocycles. The number of aliphatic hydroxyl groups is 1. The first-order chi connectivity index (χ1) is 22.2. The zero-order valence-corrected chi connectivity index (χ0v) is 26.1. The molecule has 0 bridgehead atoms. The lowest BCUT2D eigenvalue weighted by atomic mass is 9.79. The Morgan fingerprint density at radius 1 is 1.06 bits per heavy atom. The number of para-hydroxylation sites is 1. The monoisotopic (exact) mass is 665 g/mol. The number of alkyl halides is 3. The van der Waals surface area contributed by atoms with E-state index in [9.17, 15) is 43.1 Å². The third-order valence-corrected chi connectivity index (χ3v) is 6.93. The Bertz CT molecular complexity index is 1480. The van der Waals surface area contributed by atoms with E-state index in [1.807, 2.05) is 23.5 Å². The van der Waals surface area contributed by atoms with E-state index < -0.39 is 57.6 Å². The highest BCUT2D eigenvalue weighted by atomic mass is 19.4. The smallest absolute Gasteiger partial charge is 0.431 e. The first kappa shape index (κ1) is 36.8. The summed E-state index contributed by atoms with van der Waals surface area (Å²) < 4.78 is 59.0. The second-order valence-electron chi connectivity index (χ2n) is 11.2. The van der Waals surface area contributed by atoms with Crippen LogP contribution in [-0.4, -0.2) is 72.3 Å². The molecule has 2 unspecified atom stereocenters. The van der Waals surface area contributed by atoms with Crippen molar-refractivity contribution in [2.24, 2.45) is 5.92 Å². The van der Waals surface area contributed by atoms with E-state index in [2.05, 4.69) is 5.32 Å². The number of carbonyl (C=O) groups is 2. The average Bonchev–Trinajstić information content (AvgIpc) is 3.01. The Labute approximate surface area is 269 Å². The summed E-state index contributed by atoms with van der Waals surface area (Å²) >= 11 is 0. The van der Waals surface area contributed by atoms with E-state index in [0.717, 1.165) is 18.2 Å². The molecule has 0 amide bonds. The molecule has 0 radical (unpaired) electrons. The predicted molar refractivity (Wildman–Crippen MR) is 164 cm³/mol. The SMILES string of the molecule is CC1=C(C(=O)OCC(C)C)C(c2cc([N+](=O)[O-])ccc2OCCCCNCC(O)COc2ccccc2)C(C(=O)O)=C(C(F)(F)F)N1. The van der Waals surface area contributed by atoms with Crippen LogP contribution in [0.3, 0.4) is 0 Å². The number of halogens is 3. The zero-order valence-electron chi connectivity index (χ0n) is 26.1. The van der Waals surface area contributed by atoms with E-state index in [-0.39, 0.29) is 49.3 Å². The van der Waals surface area contributed by atoms with Crippen molar-refractivity contribution in [1.82, 2.24) is 10.6 Å². The molecule has 2 atom stereocenters. The van der Waals surface area contributed by atoms with Crippen molar-refractivity contribution in [3.8, 4) is 11.5 Å². The van der Waals surface area contributed by atoms with Gasteiger partial charge in [-0.05, 0) is 50.4 Å². The number of carbonyl (C=O) groups excluding carboxylic acids is 1. The zero-order chi connectivity index (χ0) is 34.7. The first-order valence-corrected chi connectivity index (χ1v) is 14.9. The van der Waals surface area contributed by atoms with Gasteiger partial charge in [-0.2, -0.15) is 13.2 Å². The second kappa shape index (κ2) is 16.8. The molecule has 0 aromatic heterocycles. The van der Waals surface area contributed by atoms with Crippen molar-refractivity contribution in [1.29, 1.82) is 0 Å². The topological polar surface area (TPSA) is 169 Å². The van der Waals surface area contributed by atoms with Gasteiger partial charge in [0.05, 0.1) is 35.2 Å². The van der Waals surface area contributed by atoms with Gasteiger partial charge in [0.25, 0.3) is 5.69 Å². The predicted octanol–water partition coefficient (Wildman–Crippen LogP) is 4.84. The number of unbranched alkanes of at least 4 members (excludes halogenated alkanes) is 1. The van der Waals surface area contributed by atoms with Gasteiger partial charge in [-0.1, -0.05) is 32.0 Å². The highest BCUT2D eigenvalue weighted by molar-refractivity contribution is 5.99. The molecular formula is C32H38F3N3O9. The molecule has 15 heteroatoms. The number of aliphatic carboxylic acids is 1. The maximum absolute atomic E-state index is 14.1. The number of dihydropyridines is 1. The molecule has 2 aromatic carbocycles. The molecular weight excluding hydrogens is 627 g/mol. The van der Waals surface area contributed by atoms with Crippen molar-refractivity contribution in [2.45, 2.75) is 51.8 Å². The van der Waals surface area contributed by atoms with Gasteiger partial charge in [0.2, 0.25) is 0 Å². The van der Waals surface area contributed by atoms with Gasteiger partial charge >= 0.3 is 18.1 Å². The molecule has 4 N–H and O–H groups in total. The first-order valence-electron chi connectivity index (χ1n) is 14.9. The summed E-state index contributed by atoms with van der Waals surface area (Å²) in [6.45, 7) is 5.35. The molecule has 0 saturated heterocycles. The van der Waals surface area contributed by atoms with Crippen molar-refractivity contribution in [2.75, 3.05) is 32.9 Å². The third-order valence-electron chi connectivity index (χ3n) is 6.93. The number of aliphatic hydroxyl groups excluding tert-OH is 1. The van der Waals surface area contributed by atoms with Gasteiger partial charge in [0, 0.05) is 29.9 Å². The van der Waals surface area contributed by atoms with Gasteiger partial charge in [-0.3, -0.25) is 10.1 Å². The number of ether oxygens (including phenoxy) is 3. The number of non-ortho nitro benzene ring substituents is 1. The maximum Gasteiger partial charge on any atom is 0.431 e. The van der Waals surface area contributed by atoms with Crippen LogP contribution in [0, 0.1) is 16.0 Å². The average molecular weight is 666 g/mol. The summed E-state index contributed by atoms with van der Waals surface area (Å²) in [5, 5.41) is 36.9. The summed E-state index contributed by atoms with van der Waals surface area (Å²) in [5.41, 5.74) is -4.47. The minimum Gasteiger partial charge on any atom is -0.493 e. The number of carboxylic acids is 1. The normalized spacial score (nSPS) is 15.7. The fraction of sp³-hybridized carbons (Fsp3) is 0.438. The fourth-order valence-electron chi connectivity index (χ4n) is 4.76. The number of esters is 1. The molecule has 256 valence electrons. The number of hydrogen-bond acceptors (Lipinski definition) is 10. The molecule has 0 spiro atoms. The van der Waals surface area contributed by atoms with Crippen LogP contribution in [0.2, 0.25) is 0 Å². The van der Waals surface area contributed by atoms with E-state index in [0.29, 0.717) is 25.1 Å². The quantitative estimate of drug-likeness (QED) is 0.0789. The molecule has 0 fully saturated rings. The Balaban J connectivity index is 1.80. The van der Waals surface area contributed by atoms with Crippen molar-refractivity contribution in [3.63, 3.8) is 0 Å². The number of rotatable bonds is 17. The number of hydrogen-bond donors (Lipinski definition) is 4. The van der Waals surface area contributed by atoms with Crippen LogP contribution in [0.5, 0.6) is 11.5 Å². The van der Waals surface area contributed by atoms with Crippen molar-refractivity contribution >= 4 is 17.6 Å². The highest BCUT2D eigenvalue weighted by Crippen LogP contribution is 2.46. The van der Waals surface area contributed by atoms with Crippen LogP contribution in [0.4, 0.5) is 18.9 Å². The van der Waals surface area contributed by atoms with E-state index >= 15 is 0 Å². The number of nitro groups is 1. The number of nitrogens with zero attached hydrogens (tertiary/aromatic N) is 1. The van der Waals surface area contributed by atoms with Gasteiger partial charge in [0.15, 0.2) is 0 Å². The lowest BCUT2D eigenvalue weighted by Crippen LogP contribution is -2.38. The van der Waals surface area contributed by atoms with Gasteiger partial charge in [-0.25, -0.2) is 9.59 Å².